The molecule has 0 saturated heterocycles. The van der Waals surface area contributed by atoms with Gasteiger partial charge in [0.25, 0.3) is 0 Å². The molecule has 0 spiro atoms. The molecule has 0 unspecified atom stereocenters. The van der Waals surface area contributed by atoms with Crippen molar-refractivity contribution < 1.29 is 9.53 Å². The fourth-order valence-electron chi connectivity index (χ4n) is 0.957. The molecule has 1 aromatic carbocycles. The fourth-order valence-corrected chi connectivity index (χ4v) is 0.957. The maximum atomic E-state index is 11.5. The molecule has 0 amide bonds. The van der Waals surface area contributed by atoms with Gasteiger partial charge in [0.15, 0.2) is 5.78 Å². The van der Waals surface area contributed by atoms with E-state index in [0.29, 0.717) is 5.56 Å². The van der Waals surface area contributed by atoms with Crippen molar-refractivity contribution in [3.8, 4) is 0 Å². The minimum atomic E-state index is -0.0359. The van der Waals surface area contributed by atoms with E-state index in [1.165, 1.54) is 12.3 Å². The number of hydrogen-bond acceptors (Lipinski definition) is 2. The van der Waals surface area contributed by atoms with Crippen molar-refractivity contribution >= 4 is 5.78 Å². The first-order valence-electron chi connectivity index (χ1n) is 4.61. The molecule has 0 aromatic heterocycles. The molecule has 2 heteroatoms. The van der Waals surface area contributed by atoms with Crippen molar-refractivity contribution in [1.29, 1.82) is 0 Å². The molecule has 0 atom stereocenters. The molecule has 74 valence electrons. The number of carbonyl (C=O) groups excluding carboxylic acids is 1. The zero-order valence-corrected chi connectivity index (χ0v) is 8.44. The number of allylic oxidation sites excluding steroid dienone is 1. The van der Waals surface area contributed by atoms with Gasteiger partial charge in [0.1, 0.15) is 0 Å². The largest absolute Gasteiger partial charge is 0.498 e. The predicted molar refractivity (Wildman–Crippen MR) is 56.1 cm³/mol. The molecule has 1 rings (SSSR count). The Bertz CT molecular complexity index is 312. The second-order valence-electron chi connectivity index (χ2n) is 3.22. The summed E-state index contributed by atoms with van der Waals surface area (Å²) in [5.41, 5.74) is 0.677. The minimum absolute atomic E-state index is 0.0359. The van der Waals surface area contributed by atoms with E-state index in [1.807, 2.05) is 32.0 Å². The minimum Gasteiger partial charge on any atom is -0.498 e. The third-order valence-corrected chi connectivity index (χ3v) is 1.63. The van der Waals surface area contributed by atoms with Crippen molar-refractivity contribution in [3.63, 3.8) is 0 Å². The van der Waals surface area contributed by atoms with E-state index in [0.717, 1.165) is 0 Å². The van der Waals surface area contributed by atoms with Gasteiger partial charge in [-0.1, -0.05) is 30.3 Å². The Kier molecular flexibility index (Phi) is 3.92. The SMILES string of the molecule is CC(C)OC=CC(=O)c1ccccc1. The van der Waals surface area contributed by atoms with E-state index in [4.69, 9.17) is 4.74 Å². The summed E-state index contributed by atoms with van der Waals surface area (Å²) in [5.74, 6) is -0.0359. The number of ketones is 1. The van der Waals surface area contributed by atoms with Crippen LogP contribution in [0.25, 0.3) is 0 Å². The lowest BCUT2D eigenvalue weighted by Crippen LogP contribution is -1.98. The van der Waals surface area contributed by atoms with Gasteiger partial charge in [-0.05, 0) is 13.8 Å². The Hall–Kier alpha value is -1.57. The van der Waals surface area contributed by atoms with Crippen molar-refractivity contribution in [2.75, 3.05) is 0 Å². The summed E-state index contributed by atoms with van der Waals surface area (Å²) in [7, 11) is 0. The Morgan fingerprint density at radius 2 is 1.93 bits per heavy atom. The first-order chi connectivity index (χ1) is 6.70. The van der Waals surface area contributed by atoms with Gasteiger partial charge in [0, 0.05) is 11.6 Å². The van der Waals surface area contributed by atoms with E-state index in [2.05, 4.69) is 0 Å². The van der Waals surface area contributed by atoms with Crippen LogP contribution in [0.1, 0.15) is 24.2 Å². The average Bonchev–Trinajstić information content (AvgIpc) is 2.18. The van der Waals surface area contributed by atoms with Crippen LogP contribution in [0.2, 0.25) is 0 Å². The average molecular weight is 190 g/mol. The number of rotatable bonds is 4. The van der Waals surface area contributed by atoms with E-state index >= 15 is 0 Å². The summed E-state index contributed by atoms with van der Waals surface area (Å²) in [6.07, 6.45) is 2.99. The zero-order valence-electron chi connectivity index (χ0n) is 8.44. The van der Waals surface area contributed by atoms with Gasteiger partial charge in [0.05, 0.1) is 12.4 Å². The van der Waals surface area contributed by atoms with Gasteiger partial charge >= 0.3 is 0 Å². The molecule has 0 aliphatic rings. The first kappa shape index (κ1) is 10.5. The van der Waals surface area contributed by atoms with Gasteiger partial charge in [0.2, 0.25) is 0 Å². The Morgan fingerprint density at radius 1 is 1.29 bits per heavy atom. The van der Waals surface area contributed by atoms with E-state index in [9.17, 15) is 4.79 Å². The monoisotopic (exact) mass is 190 g/mol. The lowest BCUT2D eigenvalue weighted by atomic mass is 10.1. The smallest absolute Gasteiger partial charge is 0.188 e. The summed E-state index contributed by atoms with van der Waals surface area (Å²) in [6, 6.07) is 9.12. The molecule has 0 radical (unpaired) electrons. The molecule has 0 aliphatic carbocycles. The van der Waals surface area contributed by atoms with Crippen molar-refractivity contribution in [2.24, 2.45) is 0 Å². The number of ether oxygens (including phenoxy) is 1. The zero-order chi connectivity index (χ0) is 10.4. The highest BCUT2D eigenvalue weighted by molar-refractivity contribution is 6.04. The molecule has 0 N–H and O–H groups in total. The van der Waals surface area contributed by atoms with Crippen LogP contribution in [-0.4, -0.2) is 11.9 Å². The molecular weight excluding hydrogens is 176 g/mol. The third kappa shape index (κ3) is 3.44. The Balaban J connectivity index is 2.55. The molecule has 14 heavy (non-hydrogen) atoms. The Morgan fingerprint density at radius 3 is 2.50 bits per heavy atom. The van der Waals surface area contributed by atoms with Gasteiger partial charge in [-0.15, -0.1) is 0 Å². The van der Waals surface area contributed by atoms with Crippen LogP contribution in [0.3, 0.4) is 0 Å². The molecular formula is C12H14O2. The van der Waals surface area contributed by atoms with Crippen LogP contribution in [0.15, 0.2) is 42.7 Å². The van der Waals surface area contributed by atoms with Crippen molar-refractivity contribution in [1.82, 2.24) is 0 Å². The second-order valence-corrected chi connectivity index (χ2v) is 3.22. The number of carbonyl (C=O) groups is 1. The molecule has 0 bridgehead atoms. The highest BCUT2D eigenvalue weighted by atomic mass is 16.5. The van der Waals surface area contributed by atoms with Crippen molar-refractivity contribution in [3.05, 3.63) is 48.2 Å². The van der Waals surface area contributed by atoms with Crippen LogP contribution < -0.4 is 0 Å². The second kappa shape index (κ2) is 5.22. The normalized spacial score (nSPS) is 10.8. The van der Waals surface area contributed by atoms with Crippen LogP contribution in [0, 0.1) is 0 Å². The summed E-state index contributed by atoms with van der Waals surface area (Å²) in [5, 5.41) is 0. The Labute approximate surface area is 84.2 Å². The molecule has 0 fully saturated rings. The lowest BCUT2D eigenvalue weighted by Gasteiger charge is -2.02. The standard InChI is InChI=1S/C12H14O2/c1-10(2)14-9-8-12(13)11-6-4-3-5-7-11/h3-10H,1-2H3. The van der Waals surface area contributed by atoms with Crippen LogP contribution in [0.5, 0.6) is 0 Å². The predicted octanol–water partition coefficient (Wildman–Crippen LogP) is 2.81. The first-order valence-corrected chi connectivity index (χ1v) is 4.61. The van der Waals surface area contributed by atoms with Crippen LogP contribution in [0.4, 0.5) is 0 Å². The summed E-state index contributed by atoms with van der Waals surface area (Å²) in [6.45, 7) is 3.83. The quantitative estimate of drug-likeness (QED) is 0.414. The highest BCUT2D eigenvalue weighted by Crippen LogP contribution is 2.01. The maximum Gasteiger partial charge on any atom is 0.188 e. The summed E-state index contributed by atoms with van der Waals surface area (Å²) in [4.78, 5) is 11.5. The van der Waals surface area contributed by atoms with Gasteiger partial charge < -0.3 is 4.74 Å². The highest BCUT2D eigenvalue weighted by Gasteiger charge is 1.99. The van der Waals surface area contributed by atoms with Gasteiger partial charge in [-0.25, -0.2) is 0 Å². The topological polar surface area (TPSA) is 26.3 Å². The summed E-state index contributed by atoms with van der Waals surface area (Å²) >= 11 is 0. The van der Waals surface area contributed by atoms with Gasteiger partial charge in [-0.2, -0.15) is 0 Å². The van der Waals surface area contributed by atoms with Crippen LogP contribution >= 0.6 is 0 Å². The van der Waals surface area contributed by atoms with Crippen molar-refractivity contribution in [2.45, 2.75) is 20.0 Å². The van der Waals surface area contributed by atoms with E-state index in [-0.39, 0.29) is 11.9 Å². The number of hydrogen-bond donors (Lipinski definition) is 0. The molecule has 0 aliphatic heterocycles. The van der Waals surface area contributed by atoms with E-state index < -0.39 is 0 Å². The fraction of sp³-hybridized carbons (Fsp3) is 0.250. The third-order valence-electron chi connectivity index (χ3n) is 1.63. The molecule has 1 aromatic rings. The van der Waals surface area contributed by atoms with E-state index in [1.54, 1.807) is 12.1 Å². The number of benzene rings is 1. The summed E-state index contributed by atoms with van der Waals surface area (Å²) < 4.78 is 5.13. The van der Waals surface area contributed by atoms with Gasteiger partial charge in [-0.3, -0.25) is 4.79 Å². The van der Waals surface area contributed by atoms with Crippen LogP contribution in [-0.2, 0) is 4.74 Å². The molecule has 0 heterocycles. The molecule has 0 saturated carbocycles. The molecule has 2 nitrogen and oxygen atoms in total. The lowest BCUT2D eigenvalue weighted by molar-refractivity contribution is 0.103. The maximum absolute atomic E-state index is 11.5.